The van der Waals surface area contributed by atoms with Crippen LogP contribution in [0.3, 0.4) is 0 Å². The Labute approximate surface area is 174 Å². The molecule has 3 aromatic carbocycles. The predicted octanol–water partition coefficient (Wildman–Crippen LogP) is 4.27. The van der Waals surface area contributed by atoms with E-state index in [-0.39, 0.29) is 18.0 Å². The van der Waals surface area contributed by atoms with Gasteiger partial charge < -0.3 is 10.2 Å². The molecule has 150 valence electrons. The van der Waals surface area contributed by atoms with Crippen LogP contribution in [0.2, 0.25) is 0 Å². The molecule has 0 saturated carbocycles. The molecule has 5 nitrogen and oxygen atoms in total. The zero-order chi connectivity index (χ0) is 21.3. The number of Topliss-reactive ketones (excluding diaryl/α,β-unsaturated/α-hetero) is 1. The standard InChI is InChI=1S/C25H21NO4/c1-16-7-11-19(12-8-16)23(28)21-22(18-5-3-2-4-6-18)26(25(30)24(21)29)20-13-9-17(15-27)10-14-20/h2-14,22,27,29H,15H2,1H3. The molecule has 1 amide bonds. The van der Waals surface area contributed by atoms with E-state index in [1.165, 1.54) is 4.90 Å². The predicted molar refractivity (Wildman–Crippen MR) is 114 cm³/mol. The molecular formula is C25H21NO4. The first kappa shape index (κ1) is 19.6. The van der Waals surface area contributed by atoms with Crippen LogP contribution < -0.4 is 4.90 Å². The summed E-state index contributed by atoms with van der Waals surface area (Å²) in [6, 6.07) is 22.3. The summed E-state index contributed by atoms with van der Waals surface area (Å²) in [7, 11) is 0. The van der Waals surface area contributed by atoms with Crippen molar-refractivity contribution in [3.05, 3.63) is 112 Å². The molecule has 4 rings (SSSR count). The Bertz CT molecular complexity index is 1120. The van der Waals surface area contributed by atoms with Gasteiger partial charge in [0, 0.05) is 11.3 Å². The lowest BCUT2D eigenvalue weighted by Gasteiger charge is -2.27. The van der Waals surface area contributed by atoms with Gasteiger partial charge in [-0.3, -0.25) is 14.5 Å². The topological polar surface area (TPSA) is 77.8 Å². The van der Waals surface area contributed by atoms with Crippen molar-refractivity contribution >= 4 is 17.4 Å². The zero-order valence-corrected chi connectivity index (χ0v) is 16.4. The third kappa shape index (κ3) is 3.40. The molecule has 30 heavy (non-hydrogen) atoms. The van der Waals surface area contributed by atoms with Crippen LogP contribution in [0.25, 0.3) is 0 Å². The van der Waals surface area contributed by atoms with Crippen molar-refractivity contribution in [3.8, 4) is 0 Å². The van der Waals surface area contributed by atoms with E-state index in [1.54, 1.807) is 36.4 Å². The van der Waals surface area contributed by atoms with Crippen molar-refractivity contribution in [3.63, 3.8) is 0 Å². The number of ketones is 1. The first-order chi connectivity index (χ1) is 14.5. The fraction of sp³-hybridized carbons (Fsp3) is 0.120. The number of rotatable bonds is 5. The van der Waals surface area contributed by atoms with E-state index in [9.17, 15) is 19.8 Å². The maximum absolute atomic E-state index is 13.3. The SMILES string of the molecule is Cc1ccc(C(=O)C2=C(O)C(=O)N(c3ccc(CO)cc3)C2c2ccccc2)cc1. The van der Waals surface area contributed by atoms with Crippen LogP contribution in [-0.4, -0.2) is 21.9 Å². The molecule has 0 aromatic heterocycles. The lowest BCUT2D eigenvalue weighted by atomic mass is 9.92. The van der Waals surface area contributed by atoms with Gasteiger partial charge in [-0.25, -0.2) is 0 Å². The second kappa shape index (κ2) is 7.97. The average Bonchev–Trinajstić information content (AvgIpc) is 3.05. The lowest BCUT2D eigenvalue weighted by molar-refractivity contribution is -0.117. The highest BCUT2D eigenvalue weighted by Crippen LogP contribution is 2.41. The Hall–Kier alpha value is -3.70. The van der Waals surface area contributed by atoms with Crippen LogP contribution in [-0.2, 0) is 11.4 Å². The number of amides is 1. The summed E-state index contributed by atoms with van der Waals surface area (Å²) in [4.78, 5) is 27.8. The van der Waals surface area contributed by atoms with E-state index >= 15 is 0 Å². The second-order valence-corrected chi connectivity index (χ2v) is 7.27. The quantitative estimate of drug-likeness (QED) is 0.628. The number of aliphatic hydroxyl groups is 2. The number of carbonyl (C=O) groups is 2. The van der Waals surface area contributed by atoms with Crippen LogP contribution in [0.15, 0.2) is 90.2 Å². The van der Waals surface area contributed by atoms with Gasteiger partial charge in [0.15, 0.2) is 11.5 Å². The lowest BCUT2D eigenvalue weighted by Crippen LogP contribution is -2.31. The number of carbonyl (C=O) groups excluding carboxylic acids is 2. The molecule has 0 aliphatic carbocycles. The number of benzene rings is 3. The van der Waals surface area contributed by atoms with Crippen molar-refractivity contribution in [1.82, 2.24) is 0 Å². The highest BCUT2D eigenvalue weighted by atomic mass is 16.3. The molecule has 0 bridgehead atoms. The number of nitrogens with zero attached hydrogens (tertiary/aromatic N) is 1. The largest absolute Gasteiger partial charge is 0.503 e. The molecule has 1 aliphatic heterocycles. The molecule has 2 N–H and O–H groups in total. The third-order valence-electron chi connectivity index (χ3n) is 5.28. The molecule has 0 fully saturated rings. The molecule has 5 heteroatoms. The smallest absolute Gasteiger partial charge is 0.294 e. The minimum absolute atomic E-state index is 0.0567. The van der Waals surface area contributed by atoms with Crippen LogP contribution in [0, 0.1) is 6.92 Å². The number of hydrogen-bond donors (Lipinski definition) is 2. The van der Waals surface area contributed by atoms with E-state index in [1.807, 2.05) is 49.4 Å². The van der Waals surface area contributed by atoms with Crippen molar-refractivity contribution in [2.24, 2.45) is 0 Å². The Morgan fingerprint density at radius 1 is 0.933 bits per heavy atom. The van der Waals surface area contributed by atoms with E-state index < -0.39 is 17.7 Å². The molecule has 0 spiro atoms. The average molecular weight is 399 g/mol. The first-order valence-electron chi connectivity index (χ1n) is 9.64. The van der Waals surface area contributed by atoms with Crippen molar-refractivity contribution in [1.29, 1.82) is 0 Å². The number of anilines is 1. The summed E-state index contributed by atoms with van der Waals surface area (Å²) >= 11 is 0. The summed E-state index contributed by atoms with van der Waals surface area (Å²) in [5, 5.41) is 20.0. The van der Waals surface area contributed by atoms with Crippen LogP contribution in [0.4, 0.5) is 5.69 Å². The van der Waals surface area contributed by atoms with Crippen molar-refractivity contribution < 1.29 is 19.8 Å². The first-order valence-corrected chi connectivity index (χ1v) is 9.64. The van der Waals surface area contributed by atoms with Crippen molar-refractivity contribution in [2.75, 3.05) is 4.90 Å². The van der Waals surface area contributed by atoms with Gasteiger partial charge in [-0.1, -0.05) is 72.3 Å². The second-order valence-electron chi connectivity index (χ2n) is 7.27. The van der Waals surface area contributed by atoms with Gasteiger partial charge >= 0.3 is 0 Å². The highest BCUT2D eigenvalue weighted by molar-refractivity contribution is 6.20. The Balaban J connectivity index is 1.84. The van der Waals surface area contributed by atoms with Crippen LogP contribution in [0.1, 0.15) is 33.1 Å². The Morgan fingerprint density at radius 3 is 2.17 bits per heavy atom. The van der Waals surface area contributed by atoms with Gasteiger partial charge in [-0.05, 0) is 30.2 Å². The fourth-order valence-electron chi connectivity index (χ4n) is 3.68. The summed E-state index contributed by atoms with van der Waals surface area (Å²) < 4.78 is 0. The number of aliphatic hydroxyl groups excluding tert-OH is 2. The normalized spacial score (nSPS) is 16.3. The summed E-state index contributed by atoms with van der Waals surface area (Å²) in [5.74, 6) is -1.55. The van der Waals surface area contributed by atoms with Gasteiger partial charge in [0.25, 0.3) is 5.91 Å². The minimum Gasteiger partial charge on any atom is -0.503 e. The summed E-state index contributed by atoms with van der Waals surface area (Å²) in [5.41, 5.74) is 3.43. The van der Waals surface area contributed by atoms with E-state index in [2.05, 4.69) is 0 Å². The number of hydrogen-bond acceptors (Lipinski definition) is 4. The molecule has 1 unspecified atom stereocenters. The molecule has 0 saturated heterocycles. The summed E-state index contributed by atoms with van der Waals surface area (Å²) in [6.45, 7) is 1.81. The maximum atomic E-state index is 13.3. The monoisotopic (exact) mass is 399 g/mol. The van der Waals surface area contributed by atoms with E-state index in [4.69, 9.17) is 0 Å². The molecule has 3 aromatic rings. The van der Waals surface area contributed by atoms with Gasteiger partial charge in [-0.2, -0.15) is 0 Å². The molecule has 1 heterocycles. The molecule has 1 atom stereocenters. The van der Waals surface area contributed by atoms with Gasteiger partial charge in [0.05, 0.1) is 18.2 Å². The van der Waals surface area contributed by atoms with E-state index in [0.717, 1.165) is 11.1 Å². The van der Waals surface area contributed by atoms with Gasteiger partial charge in [0.1, 0.15) is 0 Å². The Kier molecular flexibility index (Phi) is 5.21. The fourth-order valence-corrected chi connectivity index (χ4v) is 3.68. The summed E-state index contributed by atoms with van der Waals surface area (Å²) in [6.07, 6.45) is 0. The van der Waals surface area contributed by atoms with Crippen LogP contribution >= 0.6 is 0 Å². The molecule has 1 aliphatic rings. The van der Waals surface area contributed by atoms with E-state index in [0.29, 0.717) is 16.8 Å². The third-order valence-corrected chi connectivity index (χ3v) is 5.28. The van der Waals surface area contributed by atoms with Crippen LogP contribution in [0.5, 0.6) is 0 Å². The zero-order valence-electron chi connectivity index (χ0n) is 16.4. The van der Waals surface area contributed by atoms with Gasteiger partial charge in [-0.15, -0.1) is 0 Å². The maximum Gasteiger partial charge on any atom is 0.294 e. The molecular weight excluding hydrogens is 378 g/mol. The Morgan fingerprint density at radius 2 is 1.57 bits per heavy atom. The van der Waals surface area contributed by atoms with Gasteiger partial charge in [0.2, 0.25) is 0 Å². The minimum atomic E-state index is -0.757. The highest BCUT2D eigenvalue weighted by Gasteiger charge is 2.44. The molecule has 0 radical (unpaired) electrons. The number of aryl methyl sites for hydroxylation is 1. The van der Waals surface area contributed by atoms with Crippen molar-refractivity contribution in [2.45, 2.75) is 19.6 Å².